The number of carbonyl (C=O) groups excluding carboxylic acids is 2. The second-order valence-electron chi connectivity index (χ2n) is 8.07. The molecule has 0 aliphatic carbocycles. The predicted octanol–water partition coefficient (Wildman–Crippen LogP) is 5.50. The molecule has 0 unspecified atom stereocenters. The molecule has 1 aromatic heterocycles. The maximum Gasteiger partial charge on any atom is 0.416 e. The van der Waals surface area contributed by atoms with Crippen molar-refractivity contribution in [1.29, 1.82) is 0 Å². The molecule has 5 nitrogen and oxygen atoms in total. The van der Waals surface area contributed by atoms with Crippen LogP contribution in [0.4, 0.5) is 18.9 Å². The highest BCUT2D eigenvalue weighted by molar-refractivity contribution is 6.43. The Balaban J connectivity index is 1.86. The maximum absolute atomic E-state index is 13.6. The normalized spacial score (nSPS) is 15.2. The Morgan fingerprint density at radius 3 is 2.32 bits per heavy atom. The van der Waals surface area contributed by atoms with Crippen LogP contribution >= 0.6 is 0 Å². The summed E-state index contributed by atoms with van der Waals surface area (Å²) in [6.07, 6.45) is -2.91. The molecule has 34 heavy (non-hydrogen) atoms. The number of carbonyl (C=O) groups is 2. The van der Waals surface area contributed by atoms with Gasteiger partial charge in [-0.05, 0) is 61.4 Å². The fraction of sp³-hybridized carbons (Fsp3) is 0.231. The Kier molecular flexibility index (Phi) is 6.18. The zero-order valence-electron chi connectivity index (χ0n) is 18.9. The van der Waals surface area contributed by atoms with Gasteiger partial charge in [-0.25, -0.2) is 4.90 Å². The highest BCUT2D eigenvalue weighted by Crippen LogP contribution is 2.37. The standard InChI is InChI=1S/C26H23F3N2O3/c1-16-13-18(17(2)30(16)11-12-34-3)14-23-21-9-4-5-10-22(21)24(32)31(25(23)33)20-8-6-7-19(15-20)26(27,28)29/h4-10,13-15H,11-12H2,1-3H3. The van der Waals surface area contributed by atoms with Crippen LogP contribution in [0.25, 0.3) is 11.6 Å². The van der Waals surface area contributed by atoms with E-state index in [0.29, 0.717) is 18.7 Å². The summed E-state index contributed by atoms with van der Waals surface area (Å²) >= 11 is 0. The van der Waals surface area contributed by atoms with Crippen molar-refractivity contribution in [2.45, 2.75) is 26.6 Å². The number of hydrogen-bond donors (Lipinski definition) is 0. The fourth-order valence-electron chi connectivity index (χ4n) is 4.20. The first-order valence-electron chi connectivity index (χ1n) is 10.7. The van der Waals surface area contributed by atoms with Gasteiger partial charge < -0.3 is 9.30 Å². The summed E-state index contributed by atoms with van der Waals surface area (Å²) < 4.78 is 47.1. The van der Waals surface area contributed by atoms with Gasteiger partial charge in [-0.2, -0.15) is 13.2 Å². The van der Waals surface area contributed by atoms with E-state index in [-0.39, 0.29) is 16.8 Å². The van der Waals surface area contributed by atoms with Gasteiger partial charge in [0.15, 0.2) is 0 Å². The lowest BCUT2D eigenvalue weighted by atomic mass is 9.91. The summed E-state index contributed by atoms with van der Waals surface area (Å²) in [6.45, 7) is 5.02. The molecule has 0 N–H and O–H groups in total. The summed E-state index contributed by atoms with van der Waals surface area (Å²) in [5, 5.41) is 0. The molecule has 1 aliphatic rings. The molecular formula is C26H23F3N2O3. The highest BCUT2D eigenvalue weighted by atomic mass is 19.4. The minimum absolute atomic E-state index is 0.129. The number of anilines is 1. The minimum atomic E-state index is -4.60. The van der Waals surface area contributed by atoms with E-state index in [9.17, 15) is 22.8 Å². The number of methoxy groups -OCH3 is 1. The second-order valence-corrected chi connectivity index (χ2v) is 8.07. The molecule has 2 amide bonds. The quantitative estimate of drug-likeness (QED) is 0.367. The zero-order chi connectivity index (χ0) is 24.6. The molecule has 3 aromatic rings. The number of benzene rings is 2. The van der Waals surface area contributed by atoms with Crippen LogP contribution in [0.2, 0.25) is 0 Å². The van der Waals surface area contributed by atoms with Gasteiger partial charge >= 0.3 is 6.18 Å². The van der Waals surface area contributed by atoms with E-state index in [1.807, 2.05) is 19.9 Å². The Bertz CT molecular complexity index is 1300. The zero-order valence-corrected chi connectivity index (χ0v) is 18.9. The number of aryl methyl sites for hydroxylation is 1. The molecular weight excluding hydrogens is 445 g/mol. The summed E-state index contributed by atoms with van der Waals surface area (Å²) in [5.74, 6) is -1.34. The van der Waals surface area contributed by atoms with E-state index in [0.717, 1.165) is 34.0 Å². The third-order valence-electron chi connectivity index (χ3n) is 5.95. The summed E-state index contributed by atoms with van der Waals surface area (Å²) in [7, 11) is 1.62. The van der Waals surface area contributed by atoms with Gasteiger partial charge in [-0.3, -0.25) is 9.59 Å². The number of aromatic nitrogens is 1. The van der Waals surface area contributed by atoms with Crippen molar-refractivity contribution in [2.75, 3.05) is 18.6 Å². The monoisotopic (exact) mass is 468 g/mol. The van der Waals surface area contributed by atoms with Crippen LogP contribution in [0.1, 0.15) is 38.4 Å². The lowest BCUT2D eigenvalue weighted by Gasteiger charge is -2.29. The third-order valence-corrected chi connectivity index (χ3v) is 5.95. The molecule has 0 bridgehead atoms. The molecule has 0 spiro atoms. The van der Waals surface area contributed by atoms with Gasteiger partial charge in [0, 0.05) is 36.2 Å². The largest absolute Gasteiger partial charge is 0.416 e. The topological polar surface area (TPSA) is 51.5 Å². The Labute approximate surface area is 195 Å². The molecule has 0 atom stereocenters. The van der Waals surface area contributed by atoms with E-state index >= 15 is 0 Å². The number of nitrogens with zero attached hydrogens (tertiary/aromatic N) is 2. The van der Waals surface area contributed by atoms with Gasteiger partial charge in [0.25, 0.3) is 11.8 Å². The first kappa shape index (κ1) is 23.5. The van der Waals surface area contributed by atoms with Gasteiger partial charge in [0.05, 0.1) is 17.9 Å². The van der Waals surface area contributed by atoms with Crippen molar-refractivity contribution in [2.24, 2.45) is 0 Å². The van der Waals surface area contributed by atoms with Crippen LogP contribution in [0.15, 0.2) is 54.6 Å². The van der Waals surface area contributed by atoms with Crippen molar-refractivity contribution in [3.8, 4) is 0 Å². The van der Waals surface area contributed by atoms with Crippen LogP contribution in [0, 0.1) is 13.8 Å². The van der Waals surface area contributed by atoms with Crippen LogP contribution in [-0.4, -0.2) is 30.1 Å². The molecule has 0 radical (unpaired) electrons. The van der Waals surface area contributed by atoms with E-state index in [2.05, 4.69) is 4.57 Å². The SMILES string of the molecule is COCCn1c(C)cc(C=C2C(=O)N(c3cccc(C(F)(F)F)c3)C(=O)c3ccccc32)c1C. The molecule has 0 saturated heterocycles. The average Bonchev–Trinajstić information content (AvgIpc) is 3.07. The molecule has 0 saturated carbocycles. The lowest BCUT2D eigenvalue weighted by molar-refractivity contribution is -0.137. The molecule has 1 aliphatic heterocycles. The molecule has 0 fully saturated rings. The number of imide groups is 1. The maximum atomic E-state index is 13.6. The number of alkyl halides is 3. The van der Waals surface area contributed by atoms with Gasteiger partial charge in [0.2, 0.25) is 0 Å². The van der Waals surface area contributed by atoms with Crippen molar-refractivity contribution in [3.63, 3.8) is 0 Å². The highest BCUT2D eigenvalue weighted by Gasteiger charge is 2.37. The molecule has 176 valence electrons. The van der Waals surface area contributed by atoms with E-state index in [1.54, 1.807) is 37.5 Å². The van der Waals surface area contributed by atoms with Crippen molar-refractivity contribution >= 4 is 29.2 Å². The van der Waals surface area contributed by atoms with Crippen LogP contribution in [-0.2, 0) is 22.3 Å². The molecule has 2 aromatic carbocycles. The van der Waals surface area contributed by atoms with Gasteiger partial charge in [-0.15, -0.1) is 0 Å². The first-order valence-corrected chi connectivity index (χ1v) is 10.7. The summed E-state index contributed by atoms with van der Waals surface area (Å²) in [4.78, 5) is 27.6. The van der Waals surface area contributed by atoms with Crippen LogP contribution in [0.5, 0.6) is 0 Å². The van der Waals surface area contributed by atoms with Crippen molar-refractivity contribution < 1.29 is 27.5 Å². The summed E-state index contributed by atoms with van der Waals surface area (Å²) in [5.41, 5.74) is 2.54. The van der Waals surface area contributed by atoms with E-state index < -0.39 is 23.6 Å². The minimum Gasteiger partial charge on any atom is -0.383 e. The number of fused-ring (bicyclic) bond motifs is 1. The molecule has 8 heteroatoms. The molecule has 4 rings (SSSR count). The Morgan fingerprint density at radius 2 is 1.65 bits per heavy atom. The number of amides is 2. The van der Waals surface area contributed by atoms with E-state index in [4.69, 9.17) is 4.74 Å². The van der Waals surface area contributed by atoms with Crippen LogP contribution in [0.3, 0.4) is 0 Å². The first-order chi connectivity index (χ1) is 16.1. The fourth-order valence-corrected chi connectivity index (χ4v) is 4.20. The van der Waals surface area contributed by atoms with Crippen LogP contribution < -0.4 is 4.90 Å². The average molecular weight is 468 g/mol. The number of hydrogen-bond acceptors (Lipinski definition) is 3. The predicted molar refractivity (Wildman–Crippen MR) is 123 cm³/mol. The Hall–Kier alpha value is -3.65. The summed E-state index contributed by atoms with van der Waals surface area (Å²) in [6, 6.07) is 12.8. The second kappa shape index (κ2) is 8.95. The lowest BCUT2D eigenvalue weighted by Crippen LogP contribution is -2.41. The molecule has 2 heterocycles. The number of halogens is 3. The van der Waals surface area contributed by atoms with Gasteiger partial charge in [-0.1, -0.05) is 24.3 Å². The van der Waals surface area contributed by atoms with Crippen molar-refractivity contribution in [1.82, 2.24) is 4.57 Å². The van der Waals surface area contributed by atoms with Gasteiger partial charge in [0.1, 0.15) is 0 Å². The van der Waals surface area contributed by atoms with E-state index in [1.165, 1.54) is 12.1 Å². The third kappa shape index (κ3) is 4.17. The Morgan fingerprint density at radius 1 is 0.941 bits per heavy atom. The number of ether oxygens (including phenoxy) is 1. The smallest absolute Gasteiger partial charge is 0.383 e. The van der Waals surface area contributed by atoms with Crippen molar-refractivity contribution in [3.05, 3.63) is 88.2 Å². The number of rotatable bonds is 5.